The van der Waals surface area contributed by atoms with Crippen molar-refractivity contribution in [1.29, 1.82) is 0 Å². The number of aromatic nitrogens is 5. The van der Waals surface area contributed by atoms with Gasteiger partial charge in [-0.3, -0.25) is 9.78 Å². The van der Waals surface area contributed by atoms with Gasteiger partial charge in [0, 0.05) is 48.9 Å². The molecule has 1 amide bonds. The zero-order valence-corrected chi connectivity index (χ0v) is 16.1. The number of likely N-dealkylation sites (tertiary alicyclic amines) is 1. The molecule has 0 radical (unpaired) electrons. The molecule has 1 aliphatic rings. The number of hydrogen-bond donors (Lipinski definition) is 0. The predicted molar refractivity (Wildman–Crippen MR) is 108 cm³/mol. The van der Waals surface area contributed by atoms with Crippen LogP contribution in [0.3, 0.4) is 0 Å². The highest BCUT2D eigenvalue weighted by Crippen LogP contribution is 2.27. The van der Waals surface area contributed by atoms with Crippen molar-refractivity contribution in [3.8, 4) is 11.1 Å². The van der Waals surface area contributed by atoms with Gasteiger partial charge in [0.1, 0.15) is 5.69 Å². The Morgan fingerprint density at radius 2 is 1.90 bits per heavy atom. The van der Waals surface area contributed by atoms with E-state index in [2.05, 4.69) is 9.97 Å². The largest absolute Gasteiger partial charge is 0.337 e. The summed E-state index contributed by atoms with van der Waals surface area (Å²) in [5.41, 5.74) is 4.30. The zero-order valence-electron chi connectivity index (χ0n) is 16.1. The molecular weight excluding hydrogens is 364 g/mol. The monoisotopic (exact) mass is 384 g/mol. The van der Waals surface area contributed by atoms with E-state index in [1.54, 1.807) is 18.5 Å². The smallest absolute Gasteiger partial charge is 0.272 e. The second-order valence-corrected chi connectivity index (χ2v) is 7.33. The fourth-order valence-corrected chi connectivity index (χ4v) is 3.77. The summed E-state index contributed by atoms with van der Waals surface area (Å²) >= 11 is 0. The van der Waals surface area contributed by atoms with Gasteiger partial charge in [-0.2, -0.15) is 5.10 Å². The number of pyridine rings is 3. The van der Waals surface area contributed by atoms with Gasteiger partial charge in [-0.15, -0.1) is 0 Å². The highest BCUT2D eigenvalue weighted by molar-refractivity contribution is 5.92. The second kappa shape index (κ2) is 7.09. The molecule has 7 heteroatoms. The van der Waals surface area contributed by atoms with Crippen LogP contribution in [0.15, 0.2) is 61.1 Å². The molecule has 7 nitrogen and oxygen atoms in total. The van der Waals surface area contributed by atoms with Gasteiger partial charge in [0.15, 0.2) is 11.5 Å². The van der Waals surface area contributed by atoms with Crippen LogP contribution in [0.5, 0.6) is 0 Å². The summed E-state index contributed by atoms with van der Waals surface area (Å²) < 4.78 is 1.82. The zero-order chi connectivity index (χ0) is 19.8. The van der Waals surface area contributed by atoms with Crippen LogP contribution in [-0.2, 0) is 0 Å². The van der Waals surface area contributed by atoms with Gasteiger partial charge >= 0.3 is 0 Å². The molecule has 4 aromatic heterocycles. The van der Waals surface area contributed by atoms with Gasteiger partial charge in [0.05, 0.1) is 0 Å². The Balaban J connectivity index is 1.37. The van der Waals surface area contributed by atoms with Crippen LogP contribution in [0.2, 0.25) is 0 Å². The van der Waals surface area contributed by atoms with Crippen molar-refractivity contribution < 1.29 is 4.79 Å². The number of nitrogens with zero attached hydrogens (tertiary/aromatic N) is 6. The molecule has 0 unspecified atom stereocenters. The minimum atomic E-state index is -0.0278. The lowest BCUT2D eigenvalue weighted by Gasteiger charge is -2.15. The van der Waals surface area contributed by atoms with E-state index in [-0.39, 0.29) is 11.8 Å². The number of aryl methyl sites for hydroxylation is 1. The fraction of sp³-hybridized carbons (Fsp3) is 0.227. The Morgan fingerprint density at radius 3 is 2.72 bits per heavy atom. The summed E-state index contributed by atoms with van der Waals surface area (Å²) in [6.45, 7) is 3.20. The lowest BCUT2D eigenvalue weighted by atomic mass is 10.1. The topological polar surface area (TPSA) is 76.3 Å². The van der Waals surface area contributed by atoms with Crippen LogP contribution in [0.4, 0.5) is 0 Å². The average Bonchev–Trinajstić information content (AvgIpc) is 3.40. The average molecular weight is 384 g/mol. The Labute approximate surface area is 168 Å². The van der Waals surface area contributed by atoms with Crippen LogP contribution < -0.4 is 0 Å². The van der Waals surface area contributed by atoms with E-state index >= 15 is 0 Å². The Morgan fingerprint density at radius 1 is 1.03 bits per heavy atom. The number of fused-ring (bicyclic) bond motifs is 1. The van der Waals surface area contributed by atoms with Gasteiger partial charge in [0.2, 0.25) is 0 Å². The molecule has 0 bridgehead atoms. The maximum atomic E-state index is 12.8. The van der Waals surface area contributed by atoms with E-state index in [1.165, 1.54) is 0 Å². The van der Waals surface area contributed by atoms with Crippen molar-refractivity contribution in [1.82, 2.24) is 29.5 Å². The summed E-state index contributed by atoms with van der Waals surface area (Å²) in [6, 6.07) is 13.5. The summed E-state index contributed by atoms with van der Waals surface area (Å²) in [4.78, 5) is 27.7. The first kappa shape index (κ1) is 17.5. The third kappa shape index (κ3) is 3.35. The molecule has 5 heterocycles. The summed E-state index contributed by atoms with van der Waals surface area (Å²) in [7, 11) is 0. The molecule has 1 atom stereocenters. The number of hydrogen-bond acceptors (Lipinski definition) is 5. The van der Waals surface area contributed by atoms with E-state index in [9.17, 15) is 4.79 Å². The van der Waals surface area contributed by atoms with Crippen molar-refractivity contribution in [2.75, 3.05) is 13.1 Å². The first-order chi connectivity index (χ1) is 14.2. The minimum Gasteiger partial charge on any atom is -0.337 e. The Bertz CT molecular complexity index is 1190. The van der Waals surface area contributed by atoms with E-state index in [1.807, 2.05) is 58.9 Å². The maximum absolute atomic E-state index is 12.8. The third-order valence-corrected chi connectivity index (χ3v) is 5.31. The Hall–Kier alpha value is -3.61. The quantitative estimate of drug-likeness (QED) is 0.542. The molecule has 0 spiro atoms. The second-order valence-electron chi connectivity index (χ2n) is 7.33. The predicted octanol–water partition coefficient (Wildman–Crippen LogP) is 3.12. The molecular formula is C22H20N6O. The van der Waals surface area contributed by atoms with Crippen LogP contribution in [-0.4, -0.2) is 48.5 Å². The maximum Gasteiger partial charge on any atom is 0.272 e. The highest BCUT2D eigenvalue weighted by atomic mass is 16.2. The van der Waals surface area contributed by atoms with Gasteiger partial charge < -0.3 is 4.90 Å². The molecule has 4 aromatic rings. The molecule has 1 fully saturated rings. The van der Waals surface area contributed by atoms with Gasteiger partial charge in [-0.25, -0.2) is 14.5 Å². The minimum absolute atomic E-state index is 0.0278. The molecule has 144 valence electrons. The van der Waals surface area contributed by atoms with Crippen LogP contribution >= 0.6 is 0 Å². The SMILES string of the molecule is Cc1cccc(C(=O)N2CC[C@@H](c3nc4ccc(-c5ccncc5)cn4n3)C2)n1. The molecule has 0 aliphatic carbocycles. The number of carbonyl (C=O) groups excluding carboxylic acids is 1. The molecule has 1 aliphatic heterocycles. The molecule has 0 N–H and O–H groups in total. The van der Waals surface area contributed by atoms with Gasteiger partial charge in [-0.05, 0) is 55.3 Å². The van der Waals surface area contributed by atoms with E-state index in [4.69, 9.17) is 10.1 Å². The van der Waals surface area contributed by atoms with E-state index in [0.29, 0.717) is 18.8 Å². The van der Waals surface area contributed by atoms with Crippen molar-refractivity contribution in [3.63, 3.8) is 0 Å². The third-order valence-electron chi connectivity index (χ3n) is 5.31. The molecule has 1 saturated heterocycles. The van der Waals surface area contributed by atoms with Crippen molar-refractivity contribution in [2.24, 2.45) is 0 Å². The molecule has 29 heavy (non-hydrogen) atoms. The fourth-order valence-electron chi connectivity index (χ4n) is 3.77. The first-order valence-corrected chi connectivity index (χ1v) is 9.67. The molecule has 0 saturated carbocycles. The number of carbonyl (C=O) groups is 1. The summed E-state index contributed by atoms with van der Waals surface area (Å²) in [6.07, 6.45) is 6.39. The van der Waals surface area contributed by atoms with Gasteiger partial charge in [0.25, 0.3) is 5.91 Å². The lowest BCUT2D eigenvalue weighted by molar-refractivity contribution is 0.0784. The van der Waals surface area contributed by atoms with Crippen molar-refractivity contribution in [2.45, 2.75) is 19.3 Å². The van der Waals surface area contributed by atoms with E-state index in [0.717, 1.165) is 34.7 Å². The normalized spacial score (nSPS) is 16.4. The first-order valence-electron chi connectivity index (χ1n) is 9.67. The lowest BCUT2D eigenvalue weighted by Crippen LogP contribution is -2.29. The Kier molecular flexibility index (Phi) is 4.27. The van der Waals surface area contributed by atoms with Crippen LogP contribution in [0.1, 0.15) is 34.3 Å². The molecule has 5 rings (SSSR count). The number of rotatable bonds is 3. The van der Waals surface area contributed by atoms with Crippen molar-refractivity contribution in [3.05, 3.63) is 78.3 Å². The highest BCUT2D eigenvalue weighted by Gasteiger charge is 2.31. The summed E-state index contributed by atoms with van der Waals surface area (Å²) in [5, 5.41) is 4.70. The van der Waals surface area contributed by atoms with E-state index < -0.39 is 0 Å². The van der Waals surface area contributed by atoms with Crippen LogP contribution in [0, 0.1) is 6.92 Å². The number of amides is 1. The van der Waals surface area contributed by atoms with Gasteiger partial charge in [-0.1, -0.05) is 6.07 Å². The van der Waals surface area contributed by atoms with Crippen LogP contribution in [0.25, 0.3) is 16.8 Å². The van der Waals surface area contributed by atoms with Crippen molar-refractivity contribution >= 4 is 11.6 Å². The molecule has 0 aromatic carbocycles. The summed E-state index contributed by atoms with van der Waals surface area (Å²) in [5.74, 6) is 0.886. The standard InChI is InChI=1S/C22H20N6O/c1-15-3-2-4-19(24-15)22(29)27-12-9-18(13-27)21-25-20-6-5-17(14-28(20)26-21)16-7-10-23-11-8-16/h2-8,10-11,14,18H,9,12-13H2,1H3/t18-/m1/s1.